The van der Waals surface area contributed by atoms with Gasteiger partial charge in [0.2, 0.25) is 5.28 Å². The maximum atomic E-state index is 11.9. The van der Waals surface area contributed by atoms with Gasteiger partial charge < -0.3 is 5.32 Å². The number of amides is 1. The highest BCUT2D eigenvalue weighted by atomic mass is 35.5. The van der Waals surface area contributed by atoms with Crippen molar-refractivity contribution < 1.29 is 4.79 Å². The zero-order chi connectivity index (χ0) is 12.3. The fraction of sp³-hybridized carbons (Fsp3) is 0.0833. The molecule has 2 rings (SSSR count). The molecule has 1 aromatic heterocycles. The average molecular weight is 248 g/mol. The van der Waals surface area contributed by atoms with Crippen LogP contribution in [0.15, 0.2) is 36.5 Å². The van der Waals surface area contributed by atoms with Crippen molar-refractivity contribution >= 4 is 23.3 Å². The van der Waals surface area contributed by atoms with Crippen molar-refractivity contribution in [2.75, 3.05) is 5.32 Å². The molecule has 17 heavy (non-hydrogen) atoms. The van der Waals surface area contributed by atoms with Crippen LogP contribution in [0.3, 0.4) is 0 Å². The van der Waals surface area contributed by atoms with Crippen LogP contribution in [-0.4, -0.2) is 15.9 Å². The van der Waals surface area contributed by atoms with Crippen molar-refractivity contribution in [3.63, 3.8) is 0 Å². The van der Waals surface area contributed by atoms with Gasteiger partial charge in [0.05, 0.1) is 0 Å². The molecule has 1 N–H and O–H groups in total. The number of benzene rings is 1. The minimum atomic E-state index is -0.219. The largest absolute Gasteiger partial charge is 0.306 e. The number of aryl methyl sites for hydroxylation is 1. The van der Waals surface area contributed by atoms with E-state index in [1.165, 1.54) is 6.20 Å². The van der Waals surface area contributed by atoms with Crippen molar-refractivity contribution in [3.05, 3.63) is 52.9 Å². The molecule has 5 heteroatoms. The second kappa shape index (κ2) is 4.93. The molecule has 0 saturated heterocycles. The van der Waals surface area contributed by atoms with E-state index in [1.807, 2.05) is 19.1 Å². The molecular weight excluding hydrogens is 238 g/mol. The second-order valence-electron chi connectivity index (χ2n) is 3.53. The Bertz CT molecular complexity index is 557. The minimum Gasteiger partial charge on any atom is -0.306 e. The summed E-state index contributed by atoms with van der Waals surface area (Å²) in [6.45, 7) is 1.93. The van der Waals surface area contributed by atoms with Gasteiger partial charge in [-0.2, -0.15) is 0 Å². The van der Waals surface area contributed by atoms with Crippen molar-refractivity contribution in [2.24, 2.45) is 0 Å². The van der Waals surface area contributed by atoms with E-state index < -0.39 is 0 Å². The van der Waals surface area contributed by atoms with Crippen LogP contribution in [0.5, 0.6) is 0 Å². The Balaban J connectivity index is 2.17. The number of rotatable bonds is 2. The van der Waals surface area contributed by atoms with Gasteiger partial charge in [0.1, 0.15) is 5.82 Å². The molecule has 0 radical (unpaired) electrons. The maximum Gasteiger partial charge on any atom is 0.256 e. The lowest BCUT2D eigenvalue weighted by molar-refractivity contribution is 0.102. The highest BCUT2D eigenvalue weighted by Gasteiger charge is 2.06. The van der Waals surface area contributed by atoms with Gasteiger partial charge in [0.25, 0.3) is 5.91 Å². The first-order valence-electron chi connectivity index (χ1n) is 5.02. The van der Waals surface area contributed by atoms with Crippen LogP contribution >= 0.6 is 11.6 Å². The lowest BCUT2D eigenvalue weighted by Crippen LogP contribution is -2.13. The van der Waals surface area contributed by atoms with Gasteiger partial charge in [-0.05, 0) is 36.7 Å². The Morgan fingerprint density at radius 2 is 2.18 bits per heavy atom. The van der Waals surface area contributed by atoms with Gasteiger partial charge in [-0.25, -0.2) is 9.97 Å². The molecule has 0 unspecified atom stereocenters. The Morgan fingerprint density at radius 3 is 2.88 bits per heavy atom. The molecule has 1 amide bonds. The van der Waals surface area contributed by atoms with E-state index in [-0.39, 0.29) is 11.2 Å². The van der Waals surface area contributed by atoms with Gasteiger partial charge in [0, 0.05) is 11.8 Å². The molecule has 0 bridgehead atoms. The third kappa shape index (κ3) is 3.01. The predicted octanol–water partition coefficient (Wildman–Crippen LogP) is 2.69. The van der Waals surface area contributed by atoms with Crippen LogP contribution in [0.2, 0.25) is 5.28 Å². The number of hydrogen-bond acceptors (Lipinski definition) is 3. The van der Waals surface area contributed by atoms with Crippen molar-refractivity contribution in [2.45, 2.75) is 6.92 Å². The lowest BCUT2D eigenvalue weighted by atomic mass is 10.1. The van der Waals surface area contributed by atoms with Gasteiger partial charge >= 0.3 is 0 Å². The standard InChI is InChI=1S/C12H10ClN3O/c1-8-3-2-4-9(7-8)11(17)15-10-5-6-14-12(13)16-10/h2-7H,1H3,(H,14,15,16,17). The highest BCUT2D eigenvalue weighted by Crippen LogP contribution is 2.09. The van der Waals surface area contributed by atoms with E-state index in [4.69, 9.17) is 11.6 Å². The summed E-state index contributed by atoms with van der Waals surface area (Å²) in [6, 6.07) is 8.89. The number of aromatic nitrogens is 2. The van der Waals surface area contributed by atoms with E-state index >= 15 is 0 Å². The van der Waals surface area contributed by atoms with Crippen LogP contribution in [0, 0.1) is 6.92 Å². The van der Waals surface area contributed by atoms with Crippen molar-refractivity contribution in [1.29, 1.82) is 0 Å². The summed E-state index contributed by atoms with van der Waals surface area (Å²) in [5.74, 6) is 0.167. The Labute approximate surface area is 104 Å². The van der Waals surface area contributed by atoms with Crippen LogP contribution < -0.4 is 5.32 Å². The van der Waals surface area contributed by atoms with Crippen LogP contribution in [0.4, 0.5) is 5.82 Å². The minimum absolute atomic E-state index is 0.104. The third-order valence-electron chi connectivity index (χ3n) is 2.15. The summed E-state index contributed by atoms with van der Waals surface area (Å²) in [5, 5.41) is 2.76. The van der Waals surface area contributed by atoms with Crippen molar-refractivity contribution in [3.8, 4) is 0 Å². The van der Waals surface area contributed by atoms with Crippen LogP contribution in [0.1, 0.15) is 15.9 Å². The maximum absolute atomic E-state index is 11.9. The molecule has 0 saturated carbocycles. The number of halogens is 1. The summed E-state index contributed by atoms with van der Waals surface area (Å²) in [5.41, 5.74) is 1.61. The van der Waals surface area contributed by atoms with E-state index in [1.54, 1.807) is 18.2 Å². The normalized spacial score (nSPS) is 10.0. The molecule has 4 nitrogen and oxygen atoms in total. The monoisotopic (exact) mass is 247 g/mol. The molecule has 0 aliphatic carbocycles. The topological polar surface area (TPSA) is 54.9 Å². The smallest absolute Gasteiger partial charge is 0.256 e. The molecule has 0 fully saturated rings. The third-order valence-corrected chi connectivity index (χ3v) is 2.33. The number of nitrogens with zero attached hydrogens (tertiary/aromatic N) is 2. The number of carbonyl (C=O) groups excluding carboxylic acids is 1. The zero-order valence-corrected chi connectivity index (χ0v) is 9.90. The SMILES string of the molecule is Cc1cccc(C(=O)Nc2ccnc(Cl)n2)c1. The summed E-state index contributed by atoms with van der Waals surface area (Å²) >= 11 is 5.63. The van der Waals surface area contributed by atoms with Gasteiger partial charge in [-0.1, -0.05) is 17.7 Å². The first kappa shape index (κ1) is 11.5. The number of hydrogen-bond donors (Lipinski definition) is 1. The molecule has 2 aromatic rings. The summed E-state index contributed by atoms with van der Waals surface area (Å²) in [7, 11) is 0. The van der Waals surface area contributed by atoms with Crippen LogP contribution in [0.25, 0.3) is 0 Å². The Kier molecular flexibility index (Phi) is 3.35. The first-order valence-corrected chi connectivity index (χ1v) is 5.39. The van der Waals surface area contributed by atoms with Gasteiger partial charge in [-0.15, -0.1) is 0 Å². The number of anilines is 1. The Morgan fingerprint density at radius 1 is 1.35 bits per heavy atom. The molecule has 0 aliphatic rings. The molecule has 1 aromatic carbocycles. The fourth-order valence-corrected chi connectivity index (χ4v) is 1.53. The number of carbonyl (C=O) groups is 1. The van der Waals surface area contributed by atoms with Gasteiger partial charge in [-0.3, -0.25) is 4.79 Å². The second-order valence-corrected chi connectivity index (χ2v) is 3.87. The lowest BCUT2D eigenvalue weighted by Gasteiger charge is -2.04. The summed E-state index contributed by atoms with van der Waals surface area (Å²) in [6.07, 6.45) is 1.49. The molecule has 0 atom stereocenters. The fourth-order valence-electron chi connectivity index (χ4n) is 1.38. The van der Waals surface area contributed by atoms with Crippen molar-refractivity contribution in [1.82, 2.24) is 9.97 Å². The molecule has 1 heterocycles. The summed E-state index contributed by atoms with van der Waals surface area (Å²) < 4.78 is 0. The van der Waals surface area contributed by atoms with Crippen LogP contribution in [-0.2, 0) is 0 Å². The van der Waals surface area contributed by atoms with E-state index in [2.05, 4.69) is 15.3 Å². The first-order chi connectivity index (χ1) is 8.15. The molecule has 86 valence electrons. The molecule has 0 spiro atoms. The zero-order valence-electron chi connectivity index (χ0n) is 9.14. The number of nitrogens with one attached hydrogen (secondary N) is 1. The predicted molar refractivity (Wildman–Crippen MR) is 66.2 cm³/mol. The molecular formula is C12H10ClN3O. The van der Waals surface area contributed by atoms with Gasteiger partial charge in [0.15, 0.2) is 0 Å². The van der Waals surface area contributed by atoms with E-state index in [0.717, 1.165) is 5.56 Å². The summed E-state index contributed by atoms with van der Waals surface area (Å²) in [4.78, 5) is 19.5. The quantitative estimate of drug-likeness (QED) is 0.830. The molecule has 0 aliphatic heterocycles. The highest BCUT2D eigenvalue weighted by molar-refractivity contribution is 6.28. The van der Waals surface area contributed by atoms with E-state index in [0.29, 0.717) is 11.4 Å². The average Bonchev–Trinajstić information content (AvgIpc) is 2.29. The van der Waals surface area contributed by atoms with E-state index in [9.17, 15) is 4.79 Å². The Hall–Kier alpha value is -1.94.